The SMILES string of the molecule is COCC1(C(=O)N(C)CC(=O)O)CCNCC1. The third-order valence-corrected chi connectivity index (χ3v) is 3.15. The molecule has 0 saturated carbocycles. The van der Waals surface area contributed by atoms with E-state index in [0.29, 0.717) is 19.4 Å². The molecule has 2 N–H and O–H groups in total. The van der Waals surface area contributed by atoms with E-state index in [1.807, 2.05) is 0 Å². The van der Waals surface area contributed by atoms with E-state index in [0.717, 1.165) is 13.1 Å². The number of carboxylic acids is 1. The number of hydrogen-bond acceptors (Lipinski definition) is 4. The highest BCUT2D eigenvalue weighted by Gasteiger charge is 2.41. The van der Waals surface area contributed by atoms with E-state index in [4.69, 9.17) is 9.84 Å². The average molecular weight is 244 g/mol. The lowest BCUT2D eigenvalue weighted by molar-refractivity contribution is -0.152. The molecule has 1 heterocycles. The number of ether oxygens (including phenoxy) is 1. The molecule has 1 fully saturated rings. The summed E-state index contributed by atoms with van der Waals surface area (Å²) in [5.74, 6) is -1.13. The van der Waals surface area contributed by atoms with Crippen LogP contribution in [0.4, 0.5) is 0 Å². The van der Waals surface area contributed by atoms with Gasteiger partial charge in [-0.2, -0.15) is 0 Å². The number of amides is 1. The lowest BCUT2D eigenvalue weighted by Gasteiger charge is -2.38. The van der Waals surface area contributed by atoms with Crippen LogP contribution in [0.3, 0.4) is 0 Å². The van der Waals surface area contributed by atoms with Crippen LogP contribution < -0.4 is 5.32 Å². The van der Waals surface area contributed by atoms with Gasteiger partial charge in [0.15, 0.2) is 0 Å². The molecule has 17 heavy (non-hydrogen) atoms. The van der Waals surface area contributed by atoms with Crippen molar-refractivity contribution in [2.45, 2.75) is 12.8 Å². The summed E-state index contributed by atoms with van der Waals surface area (Å²) in [6.07, 6.45) is 1.37. The predicted molar refractivity (Wildman–Crippen MR) is 61.7 cm³/mol. The third-order valence-electron chi connectivity index (χ3n) is 3.15. The van der Waals surface area contributed by atoms with E-state index in [-0.39, 0.29) is 12.5 Å². The Morgan fingerprint density at radius 1 is 1.41 bits per heavy atom. The Morgan fingerprint density at radius 2 is 2.00 bits per heavy atom. The minimum atomic E-state index is -0.998. The normalized spacial score (nSPS) is 18.7. The van der Waals surface area contributed by atoms with E-state index >= 15 is 0 Å². The molecule has 0 atom stereocenters. The molecule has 0 aromatic rings. The van der Waals surface area contributed by atoms with E-state index in [1.54, 1.807) is 7.11 Å². The Labute approximate surface area is 101 Å². The smallest absolute Gasteiger partial charge is 0.323 e. The Kier molecular flexibility index (Phi) is 4.89. The number of nitrogens with one attached hydrogen (secondary N) is 1. The number of piperidine rings is 1. The molecule has 0 radical (unpaired) electrons. The number of likely N-dealkylation sites (N-methyl/N-ethyl adjacent to an activating group) is 1. The van der Waals surface area contributed by atoms with Gasteiger partial charge in [-0.3, -0.25) is 9.59 Å². The van der Waals surface area contributed by atoms with Crippen LogP contribution >= 0.6 is 0 Å². The summed E-state index contributed by atoms with van der Waals surface area (Å²) in [5.41, 5.74) is -0.565. The first-order valence-electron chi connectivity index (χ1n) is 5.69. The third kappa shape index (κ3) is 3.41. The lowest BCUT2D eigenvalue weighted by Crippen LogP contribution is -2.51. The van der Waals surface area contributed by atoms with Gasteiger partial charge in [0.25, 0.3) is 0 Å². The maximum atomic E-state index is 12.3. The van der Waals surface area contributed by atoms with Crippen molar-refractivity contribution in [2.75, 3.05) is 40.4 Å². The Bertz CT molecular complexity index is 282. The fourth-order valence-corrected chi connectivity index (χ4v) is 2.28. The molecule has 0 aromatic heterocycles. The van der Waals surface area contributed by atoms with Gasteiger partial charge in [0.05, 0.1) is 12.0 Å². The number of carbonyl (C=O) groups is 2. The highest BCUT2D eigenvalue weighted by Crippen LogP contribution is 2.31. The predicted octanol–water partition coefficient (Wildman–Crippen LogP) is -0.454. The summed E-state index contributed by atoms with van der Waals surface area (Å²) in [5, 5.41) is 11.9. The minimum Gasteiger partial charge on any atom is -0.480 e. The molecule has 1 saturated heterocycles. The Morgan fingerprint density at radius 3 is 2.47 bits per heavy atom. The maximum absolute atomic E-state index is 12.3. The Hall–Kier alpha value is -1.14. The van der Waals surface area contributed by atoms with Crippen molar-refractivity contribution in [3.05, 3.63) is 0 Å². The van der Waals surface area contributed by atoms with Gasteiger partial charge >= 0.3 is 5.97 Å². The van der Waals surface area contributed by atoms with Crippen LogP contribution in [0.2, 0.25) is 0 Å². The van der Waals surface area contributed by atoms with Crippen LogP contribution in [0, 0.1) is 5.41 Å². The average Bonchev–Trinajstić information content (AvgIpc) is 2.28. The second-order valence-electron chi connectivity index (χ2n) is 4.52. The summed E-state index contributed by atoms with van der Waals surface area (Å²) in [6, 6.07) is 0. The van der Waals surface area contributed by atoms with Crippen molar-refractivity contribution < 1.29 is 19.4 Å². The zero-order valence-corrected chi connectivity index (χ0v) is 10.4. The van der Waals surface area contributed by atoms with E-state index in [9.17, 15) is 9.59 Å². The minimum absolute atomic E-state index is 0.136. The number of methoxy groups -OCH3 is 1. The monoisotopic (exact) mass is 244 g/mol. The number of hydrogen-bond donors (Lipinski definition) is 2. The van der Waals surface area contributed by atoms with Crippen LogP contribution in [0.15, 0.2) is 0 Å². The summed E-state index contributed by atoms with van der Waals surface area (Å²) in [7, 11) is 3.09. The molecular weight excluding hydrogens is 224 g/mol. The number of carbonyl (C=O) groups excluding carboxylic acids is 1. The molecule has 0 bridgehead atoms. The lowest BCUT2D eigenvalue weighted by atomic mass is 9.78. The molecule has 1 aliphatic rings. The fourth-order valence-electron chi connectivity index (χ4n) is 2.28. The second-order valence-corrected chi connectivity index (χ2v) is 4.52. The topological polar surface area (TPSA) is 78.9 Å². The zero-order chi connectivity index (χ0) is 12.9. The first kappa shape index (κ1) is 13.9. The number of carboxylic acid groups (broad SMARTS) is 1. The molecule has 1 aliphatic heterocycles. The molecule has 0 unspecified atom stereocenters. The summed E-state index contributed by atoms with van der Waals surface area (Å²) >= 11 is 0. The highest BCUT2D eigenvalue weighted by atomic mass is 16.5. The first-order chi connectivity index (χ1) is 8.02. The molecule has 0 spiro atoms. The molecule has 0 aromatic carbocycles. The van der Waals surface area contributed by atoms with Gasteiger partial charge in [0.2, 0.25) is 5.91 Å². The van der Waals surface area contributed by atoms with E-state index < -0.39 is 11.4 Å². The molecule has 6 nitrogen and oxygen atoms in total. The number of nitrogens with zero attached hydrogens (tertiary/aromatic N) is 1. The molecule has 98 valence electrons. The number of rotatable bonds is 5. The second kappa shape index (κ2) is 5.97. The van der Waals surface area contributed by atoms with Gasteiger partial charge in [0.1, 0.15) is 6.54 Å². The molecule has 1 amide bonds. The van der Waals surface area contributed by atoms with Gasteiger partial charge in [-0.25, -0.2) is 0 Å². The number of aliphatic carboxylic acids is 1. The van der Waals surface area contributed by atoms with Crippen LogP contribution in [0.5, 0.6) is 0 Å². The zero-order valence-electron chi connectivity index (χ0n) is 10.4. The van der Waals surface area contributed by atoms with E-state index in [2.05, 4.69) is 5.32 Å². The van der Waals surface area contributed by atoms with Gasteiger partial charge in [0, 0.05) is 14.2 Å². The van der Waals surface area contributed by atoms with Crippen LogP contribution in [-0.4, -0.2) is 62.3 Å². The summed E-state index contributed by atoms with van der Waals surface area (Å²) in [6.45, 7) is 1.60. The molecule has 0 aliphatic carbocycles. The van der Waals surface area contributed by atoms with Crippen molar-refractivity contribution in [1.82, 2.24) is 10.2 Å². The molecular formula is C11H20N2O4. The summed E-state index contributed by atoms with van der Waals surface area (Å²) < 4.78 is 5.14. The van der Waals surface area contributed by atoms with Gasteiger partial charge in [-0.1, -0.05) is 0 Å². The van der Waals surface area contributed by atoms with Gasteiger partial charge < -0.3 is 20.1 Å². The standard InChI is InChI=1S/C11H20N2O4/c1-13(7-9(14)15)10(16)11(8-17-2)3-5-12-6-4-11/h12H,3-8H2,1-2H3,(H,14,15). The van der Waals surface area contributed by atoms with Crippen molar-refractivity contribution in [2.24, 2.45) is 5.41 Å². The maximum Gasteiger partial charge on any atom is 0.323 e. The van der Waals surface area contributed by atoms with Crippen molar-refractivity contribution in [3.8, 4) is 0 Å². The van der Waals surface area contributed by atoms with Crippen LogP contribution in [0.1, 0.15) is 12.8 Å². The van der Waals surface area contributed by atoms with Crippen molar-refractivity contribution >= 4 is 11.9 Å². The van der Waals surface area contributed by atoms with Gasteiger partial charge in [-0.15, -0.1) is 0 Å². The molecule has 6 heteroatoms. The van der Waals surface area contributed by atoms with Crippen LogP contribution in [-0.2, 0) is 14.3 Å². The quantitative estimate of drug-likeness (QED) is 0.684. The highest BCUT2D eigenvalue weighted by molar-refractivity contribution is 5.86. The fraction of sp³-hybridized carbons (Fsp3) is 0.818. The molecule has 1 rings (SSSR count). The van der Waals surface area contributed by atoms with Crippen LogP contribution in [0.25, 0.3) is 0 Å². The largest absolute Gasteiger partial charge is 0.480 e. The van der Waals surface area contributed by atoms with Crippen molar-refractivity contribution in [1.29, 1.82) is 0 Å². The van der Waals surface area contributed by atoms with Crippen molar-refractivity contribution in [3.63, 3.8) is 0 Å². The Balaban J connectivity index is 2.75. The van der Waals surface area contributed by atoms with Gasteiger partial charge in [-0.05, 0) is 25.9 Å². The first-order valence-corrected chi connectivity index (χ1v) is 5.69. The summed E-state index contributed by atoms with van der Waals surface area (Å²) in [4.78, 5) is 24.2. The van der Waals surface area contributed by atoms with E-state index in [1.165, 1.54) is 11.9 Å².